The summed E-state index contributed by atoms with van der Waals surface area (Å²) < 4.78 is 6.59. The molecule has 1 aromatic carbocycles. The van der Waals surface area contributed by atoms with Crippen LogP contribution < -0.4 is 10.6 Å². The number of benzene rings is 1. The lowest BCUT2D eigenvalue weighted by molar-refractivity contribution is 0.101. The third-order valence-electron chi connectivity index (χ3n) is 4.02. The number of nitrogens with zero attached hydrogens (tertiary/aromatic N) is 2. The first kappa shape index (κ1) is 19.5. The zero-order valence-corrected chi connectivity index (χ0v) is 15.9. The summed E-state index contributed by atoms with van der Waals surface area (Å²) in [5, 5.41) is 10.1. The van der Waals surface area contributed by atoms with Crippen LogP contribution in [0.15, 0.2) is 24.3 Å². The molecule has 0 radical (unpaired) electrons. The molecule has 2 rings (SSSR count). The first-order chi connectivity index (χ1) is 12.4. The zero-order valence-electron chi connectivity index (χ0n) is 15.9. The molecule has 1 aromatic heterocycles. The van der Waals surface area contributed by atoms with Gasteiger partial charge in [-0.25, -0.2) is 4.79 Å². The lowest BCUT2D eigenvalue weighted by atomic mass is 10.1. The quantitative estimate of drug-likeness (QED) is 0.812. The lowest BCUT2D eigenvalue weighted by Gasteiger charge is -2.13. The fourth-order valence-corrected chi connectivity index (χ4v) is 2.51. The summed E-state index contributed by atoms with van der Waals surface area (Å²) in [6.07, 6.45) is -0.523. The van der Waals surface area contributed by atoms with E-state index in [1.165, 1.54) is 0 Å². The van der Waals surface area contributed by atoms with Crippen LogP contribution in [0.25, 0.3) is 0 Å². The van der Waals surface area contributed by atoms with E-state index in [1.807, 2.05) is 33.8 Å². The summed E-state index contributed by atoms with van der Waals surface area (Å²) in [5.41, 5.74) is 3.36. The van der Waals surface area contributed by atoms with Crippen molar-refractivity contribution in [2.45, 2.75) is 47.1 Å². The van der Waals surface area contributed by atoms with Crippen LogP contribution in [0, 0.1) is 6.92 Å². The van der Waals surface area contributed by atoms with Crippen LogP contribution in [0.2, 0.25) is 0 Å². The van der Waals surface area contributed by atoms with Gasteiger partial charge in [-0.1, -0.05) is 19.9 Å². The molecule has 2 N–H and O–H groups in total. The summed E-state index contributed by atoms with van der Waals surface area (Å²) in [6.45, 7) is 10.5. The Bertz CT molecular complexity index is 796. The summed E-state index contributed by atoms with van der Waals surface area (Å²) in [7, 11) is 0. The number of ether oxygens (including phenoxy) is 1. The largest absolute Gasteiger partial charge is 0.450 e. The predicted octanol–water partition coefficient (Wildman–Crippen LogP) is 4.16. The van der Waals surface area contributed by atoms with E-state index in [1.54, 1.807) is 29.8 Å². The van der Waals surface area contributed by atoms with E-state index < -0.39 is 6.09 Å². The first-order valence-corrected chi connectivity index (χ1v) is 8.79. The van der Waals surface area contributed by atoms with Crippen molar-refractivity contribution in [3.05, 3.63) is 41.2 Å². The monoisotopic (exact) mass is 358 g/mol. The molecule has 0 aliphatic heterocycles. The molecule has 0 unspecified atom stereocenters. The summed E-state index contributed by atoms with van der Waals surface area (Å²) in [4.78, 5) is 24.4. The Morgan fingerprint density at radius 3 is 2.42 bits per heavy atom. The lowest BCUT2D eigenvalue weighted by Crippen LogP contribution is -2.19. The van der Waals surface area contributed by atoms with E-state index >= 15 is 0 Å². The maximum absolute atomic E-state index is 12.7. The molecule has 0 saturated heterocycles. The Morgan fingerprint density at radius 1 is 1.19 bits per heavy atom. The first-order valence-electron chi connectivity index (χ1n) is 8.79. The minimum absolute atomic E-state index is 0.234. The number of carbonyl (C=O) groups is 2. The highest BCUT2D eigenvalue weighted by Gasteiger charge is 2.17. The third kappa shape index (κ3) is 4.41. The molecule has 0 bridgehead atoms. The molecule has 7 heteroatoms. The average Bonchev–Trinajstić information content (AvgIpc) is 3.03. The normalized spacial score (nSPS) is 10.7. The molecule has 7 nitrogen and oxygen atoms in total. The van der Waals surface area contributed by atoms with Gasteiger partial charge in [-0.15, -0.1) is 0 Å². The second kappa shape index (κ2) is 8.51. The van der Waals surface area contributed by atoms with Gasteiger partial charge in [0.25, 0.3) is 5.91 Å². The number of nitrogens with one attached hydrogen (secondary N) is 2. The number of carbonyl (C=O) groups excluding carboxylic acids is 2. The Morgan fingerprint density at radius 2 is 1.85 bits per heavy atom. The Labute approximate surface area is 153 Å². The maximum atomic E-state index is 12.7. The van der Waals surface area contributed by atoms with E-state index in [2.05, 4.69) is 15.7 Å². The Balaban J connectivity index is 2.23. The van der Waals surface area contributed by atoms with Crippen LogP contribution in [0.3, 0.4) is 0 Å². The fraction of sp³-hybridized carbons (Fsp3) is 0.421. The third-order valence-corrected chi connectivity index (χ3v) is 4.02. The maximum Gasteiger partial charge on any atom is 0.411 e. The molecular weight excluding hydrogens is 332 g/mol. The SMILES string of the molecule is CCOC(=O)Nc1cccc(NC(=O)c2cc(C(C)C)nn2CC)c1C. The second-order valence-electron chi connectivity index (χ2n) is 6.20. The van der Waals surface area contributed by atoms with E-state index in [-0.39, 0.29) is 11.8 Å². The van der Waals surface area contributed by atoms with Crippen LogP contribution in [0.1, 0.15) is 55.4 Å². The highest BCUT2D eigenvalue weighted by molar-refractivity contribution is 6.04. The number of aromatic nitrogens is 2. The molecule has 2 aromatic rings. The second-order valence-corrected chi connectivity index (χ2v) is 6.20. The average molecular weight is 358 g/mol. The Kier molecular flexibility index (Phi) is 6.38. The minimum atomic E-state index is -0.523. The van der Waals surface area contributed by atoms with Crippen LogP contribution in [0.5, 0.6) is 0 Å². The van der Waals surface area contributed by atoms with Crippen molar-refractivity contribution in [3.8, 4) is 0 Å². The van der Waals surface area contributed by atoms with Crippen LogP contribution in [-0.2, 0) is 11.3 Å². The standard InChI is InChI=1S/C19H26N4O3/c1-6-23-17(11-16(22-23)12(3)4)18(24)20-14-9-8-10-15(13(14)5)21-19(25)26-7-2/h8-12H,6-7H2,1-5H3,(H,20,24)(H,21,25). The van der Waals surface area contributed by atoms with Crippen molar-refractivity contribution >= 4 is 23.4 Å². The van der Waals surface area contributed by atoms with Crippen molar-refractivity contribution in [2.24, 2.45) is 0 Å². The van der Waals surface area contributed by atoms with Gasteiger partial charge in [0.2, 0.25) is 0 Å². The van der Waals surface area contributed by atoms with E-state index in [9.17, 15) is 9.59 Å². The van der Waals surface area contributed by atoms with E-state index in [0.29, 0.717) is 30.2 Å². The van der Waals surface area contributed by atoms with E-state index in [4.69, 9.17) is 4.74 Å². The van der Waals surface area contributed by atoms with Crippen molar-refractivity contribution in [3.63, 3.8) is 0 Å². The molecule has 1 heterocycles. The van der Waals surface area contributed by atoms with Gasteiger partial charge in [-0.3, -0.25) is 14.8 Å². The highest BCUT2D eigenvalue weighted by Crippen LogP contribution is 2.24. The number of hydrogen-bond acceptors (Lipinski definition) is 4. The molecule has 0 aliphatic rings. The predicted molar refractivity (Wildman–Crippen MR) is 102 cm³/mol. The number of rotatable bonds is 6. The summed E-state index contributed by atoms with van der Waals surface area (Å²) >= 11 is 0. The fourth-order valence-electron chi connectivity index (χ4n) is 2.51. The van der Waals surface area contributed by atoms with Crippen molar-refractivity contribution in [1.82, 2.24) is 9.78 Å². The molecule has 26 heavy (non-hydrogen) atoms. The van der Waals surface area contributed by atoms with Gasteiger partial charge >= 0.3 is 6.09 Å². The minimum Gasteiger partial charge on any atom is -0.450 e. The molecule has 0 atom stereocenters. The summed E-state index contributed by atoms with van der Waals surface area (Å²) in [6, 6.07) is 7.13. The number of hydrogen-bond donors (Lipinski definition) is 2. The van der Waals surface area contributed by atoms with E-state index in [0.717, 1.165) is 11.3 Å². The summed E-state index contributed by atoms with van der Waals surface area (Å²) in [5.74, 6) is 0.0100. The number of amides is 2. The van der Waals surface area contributed by atoms with Gasteiger partial charge in [-0.05, 0) is 50.5 Å². The molecular formula is C19H26N4O3. The molecule has 0 saturated carbocycles. The van der Waals surface area contributed by atoms with Crippen LogP contribution >= 0.6 is 0 Å². The van der Waals surface area contributed by atoms with Crippen molar-refractivity contribution in [1.29, 1.82) is 0 Å². The van der Waals surface area contributed by atoms with Gasteiger partial charge in [0.15, 0.2) is 0 Å². The highest BCUT2D eigenvalue weighted by atomic mass is 16.5. The van der Waals surface area contributed by atoms with Crippen molar-refractivity contribution in [2.75, 3.05) is 17.2 Å². The number of aryl methyl sites for hydroxylation is 1. The molecule has 0 aliphatic carbocycles. The van der Waals surface area contributed by atoms with Crippen LogP contribution in [0.4, 0.5) is 16.2 Å². The van der Waals surface area contributed by atoms with Crippen LogP contribution in [-0.4, -0.2) is 28.4 Å². The Hall–Kier alpha value is -2.83. The van der Waals surface area contributed by atoms with Crippen molar-refractivity contribution < 1.29 is 14.3 Å². The van der Waals surface area contributed by atoms with Gasteiger partial charge in [0.1, 0.15) is 5.69 Å². The molecule has 2 amide bonds. The zero-order chi connectivity index (χ0) is 19.3. The smallest absolute Gasteiger partial charge is 0.411 e. The molecule has 0 spiro atoms. The van der Waals surface area contributed by atoms with Gasteiger partial charge in [0.05, 0.1) is 12.3 Å². The van der Waals surface area contributed by atoms with Gasteiger partial charge in [0, 0.05) is 17.9 Å². The van der Waals surface area contributed by atoms with Gasteiger partial charge in [-0.2, -0.15) is 5.10 Å². The molecule has 0 fully saturated rings. The topological polar surface area (TPSA) is 85.2 Å². The molecule has 140 valence electrons. The number of anilines is 2. The van der Waals surface area contributed by atoms with Gasteiger partial charge < -0.3 is 10.1 Å².